The van der Waals surface area contributed by atoms with Gasteiger partial charge in [0.05, 0.1) is 23.7 Å². The van der Waals surface area contributed by atoms with Crippen molar-refractivity contribution in [1.82, 2.24) is 15.1 Å². The number of hydrogen-bond donors (Lipinski definition) is 4. The fourth-order valence-electron chi connectivity index (χ4n) is 7.72. The van der Waals surface area contributed by atoms with Crippen molar-refractivity contribution in [2.75, 3.05) is 59.8 Å². The molecule has 3 N–H and O–H groups in total. The fraction of sp³-hybridized carbons (Fsp3) is 0.439. The highest BCUT2D eigenvalue weighted by Gasteiger charge is 2.52. The quantitative estimate of drug-likeness (QED) is 0.107. The molecular formula is C41H46F4N8O5S. The number of alkyl halides is 3. The van der Waals surface area contributed by atoms with E-state index in [1.165, 1.54) is 23.1 Å². The minimum absolute atomic E-state index is 0.0217. The molecule has 3 aromatic carbocycles. The zero-order valence-corrected chi connectivity index (χ0v) is 33.9. The van der Waals surface area contributed by atoms with E-state index in [2.05, 4.69) is 20.9 Å². The van der Waals surface area contributed by atoms with Crippen LogP contribution in [0.25, 0.3) is 0 Å². The summed E-state index contributed by atoms with van der Waals surface area (Å²) in [6.45, 7) is 10.4. The third-order valence-corrected chi connectivity index (χ3v) is 11.3. The van der Waals surface area contributed by atoms with E-state index < -0.39 is 52.0 Å². The van der Waals surface area contributed by atoms with E-state index in [1.54, 1.807) is 36.9 Å². The van der Waals surface area contributed by atoms with Crippen molar-refractivity contribution in [3.63, 3.8) is 0 Å². The van der Waals surface area contributed by atoms with Gasteiger partial charge in [0.15, 0.2) is 5.50 Å². The zero-order chi connectivity index (χ0) is 42.8. The Bertz CT molecular complexity index is 2160. The van der Waals surface area contributed by atoms with Crippen molar-refractivity contribution >= 4 is 59.0 Å². The second-order valence-electron chi connectivity index (χ2n) is 15.3. The Morgan fingerprint density at radius 3 is 2.46 bits per heavy atom. The van der Waals surface area contributed by atoms with Gasteiger partial charge in [-0.25, -0.2) is 4.39 Å². The maximum Gasteiger partial charge on any atom is 0.417 e. The molecule has 3 atom stereocenters. The maximum atomic E-state index is 14.4. The molecule has 3 aromatic rings. The number of benzene rings is 3. The first-order valence-corrected chi connectivity index (χ1v) is 19.8. The highest BCUT2D eigenvalue weighted by molar-refractivity contribution is 7.81. The summed E-state index contributed by atoms with van der Waals surface area (Å²) in [6.07, 6.45) is -3.74. The Morgan fingerprint density at radius 2 is 1.78 bits per heavy atom. The lowest BCUT2D eigenvalue weighted by molar-refractivity contribution is -0.138. The summed E-state index contributed by atoms with van der Waals surface area (Å²) < 4.78 is 62.0. The Kier molecular flexibility index (Phi) is 12.8. The SMILES string of the molecule is CCc1cc(N2[C@@H](S)N(c3ccc(C#N)c(C(F)(F)F)c3)C(=O)C2(C)C)ccc1OCCN1CCN(CC(=O)Nc2cc(F)cc(NC3CCC(=O)NC3=O)c2)[C@H](C)C1. The molecule has 0 spiro atoms. The Labute approximate surface area is 345 Å². The first kappa shape index (κ1) is 43.2. The summed E-state index contributed by atoms with van der Waals surface area (Å²) in [4.78, 5) is 57.6. The smallest absolute Gasteiger partial charge is 0.417 e. The van der Waals surface area contributed by atoms with Crippen LogP contribution in [-0.2, 0) is 31.8 Å². The molecule has 0 aliphatic carbocycles. The average Bonchev–Trinajstić information content (AvgIpc) is 3.34. The number of nitriles is 1. The average molecular weight is 839 g/mol. The van der Waals surface area contributed by atoms with E-state index in [-0.39, 0.29) is 48.6 Å². The molecule has 18 heteroatoms. The van der Waals surface area contributed by atoms with Crippen molar-refractivity contribution in [1.29, 1.82) is 5.26 Å². The Hall–Kier alpha value is -5.38. The van der Waals surface area contributed by atoms with Gasteiger partial charge in [0.2, 0.25) is 17.7 Å². The van der Waals surface area contributed by atoms with Crippen LogP contribution in [0.4, 0.5) is 40.3 Å². The Balaban J connectivity index is 1.02. The Morgan fingerprint density at radius 1 is 1.05 bits per heavy atom. The molecule has 3 heterocycles. The summed E-state index contributed by atoms with van der Waals surface area (Å²) in [7, 11) is 0. The van der Waals surface area contributed by atoms with Crippen molar-refractivity contribution in [2.24, 2.45) is 0 Å². The van der Waals surface area contributed by atoms with Gasteiger partial charge in [0.25, 0.3) is 5.91 Å². The molecule has 0 radical (unpaired) electrons. The fourth-order valence-corrected chi connectivity index (χ4v) is 8.38. The van der Waals surface area contributed by atoms with Gasteiger partial charge in [-0.15, -0.1) is 12.6 Å². The van der Waals surface area contributed by atoms with E-state index in [1.807, 2.05) is 30.9 Å². The van der Waals surface area contributed by atoms with Crippen molar-refractivity contribution < 1.29 is 41.5 Å². The monoisotopic (exact) mass is 838 g/mol. The predicted octanol–water partition coefficient (Wildman–Crippen LogP) is 5.36. The molecule has 314 valence electrons. The van der Waals surface area contributed by atoms with Gasteiger partial charge in [-0.2, -0.15) is 18.4 Å². The third-order valence-electron chi connectivity index (χ3n) is 10.8. The summed E-state index contributed by atoms with van der Waals surface area (Å²) >= 11 is 4.71. The number of halogens is 4. The van der Waals surface area contributed by atoms with Gasteiger partial charge in [0, 0.05) is 61.4 Å². The van der Waals surface area contributed by atoms with Crippen LogP contribution in [0.1, 0.15) is 57.2 Å². The lowest BCUT2D eigenvalue weighted by Gasteiger charge is -2.39. The van der Waals surface area contributed by atoms with Gasteiger partial charge in [-0.3, -0.25) is 39.2 Å². The molecule has 4 amide bonds. The second-order valence-corrected chi connectivity index (χ2v) is 15.8. The van der Waals surface area contributed by atoms with Crippen LogP contribution in [0.3, 0.4) is 0 Å². The topological polar surface area (TPSA) is 150 Å². The standard InChI is InChI=1S/C41H46F4N8O5S/c1-5-25-16-31(53-39(59)52(38(57)40(53,3)4)30-7-6-26(21-46)32(20-30)41(43,44)45)8-10-34(25)58-15-14-50-12-13-51(24(2)22-50)23-36(55)48-29-18-27(42)17-28(19-29)47-33-9-11-35(54)49-37(33)56/h6-8,10,16-20,24,33,39,47,59H,5,9,11-15,22-23H2,1-4H3,(H,48,55)(H,49,54,56)/t24-,33?,39+/m1/s1. The number of piperazine rings is 1. The molecule has 3 aliphatic heterocycles. The van der Waals surface area contributed by atoms with E-state index in [0.29, 0.717) is 56.3 Å². The maximum absolute atomic E-state index is 14.4. The van der Waals surface area contributed by atoms with Crippen molar-refractivity contribution in [3.05, 3.63) is 77.1 Å². The number of rotatable bonds is 12. The number of amides is 4. The summed E-state index contributed by atoms with van der Waals surface area (Å²) in [6, 6.07) is 13.5. The van der Waals surface area contributed by atoms with E-state index in [9.17, 15) is 42.0 Å². The van der Waals surface area contributed by atoms with Crippen molar-refractivity contribution in [3.8, 4) is 11.8 Å². The molecule has 13 nitrogen and oxygen atoms in total. The molecule has 1 unspecified atom stereocenters. The molecule has 3 saturated heterocycles. The largest absolute Gasteiger partial charge is 0.492 e. The number of nitrogens with one attached hydrogen (secondary N) is 3. The van der Waals surface area contributed by atoms with Gasteiger partial charge >= 0.3 is 6.18 Å². The highest BCUT2D eigenvalue weighted by atomic mass is 32.1. The van der Waals surface area contributed by atoms with Crippen LogP contribution in [0.15, 0.2) is 54.6 Å². The number of aryl methyl sites for hydroxylation is 1. The normalized spacial score (nSPS) is 21.3. The van der Waals surface area contributed by atoms with Gasteiger partial charge in [-0.05, 0) is 93.8 Å². The van der Waals surface area contributed by atoms with Crippen LogP contribution >= 0.6 is 12.6 Å². The molecule has 0 saturated carbocycles. The number of ether oxygens (including phenoxy) is 1. The number of carbonyl (C=O) groups excluding carboxylic acids is 4. The molecule has 0 aromatic heterocycles. The first-order chi connectivity index (χ1) is 27.9. The third kappa shape index (κ3) is 9.58. The number of thiol groups is 1. The lowest BCUT2D eigenvalue weighted by atomic mass is 10.0. The zero-order valence-electron chi connectivity index (χ0n) is 33.0. The molecule has 0 bridgehead atoms. The number of piperidine rings is 1. The molecule has 3 fully saturated rings. The second kappa shape index (κ2) is 17.5. The molecule has 59 heavy (non-hydrogen) atoms. The number of carbonyl (C=O) groups is 4. The number of nitrogens with zero attached hydrogens (tertiary/aromatic N) is 5. The number of hydrogen-bond acceptors (Lipinski definition) is 11. The minimum atomic E-state index is -4.79. The summed E-state index contributed by atoms with van der Waals surface area (Å²) in [5.74, 6) is -1.55. The number of anilines is 4. The van der Waals surface area contributed by atoms with Gasteiger partial charge < -0.3 is 20.3 Å². The van der Waals surface area contributed by atoms with E-state index in [4.69, 9.17) is 17.4 Å². The van der Waals surface area contributed by atoms with Crippen LogP contribution in [-0.4, -0.2) is 95.9 Å². The van der Waals surface area contributed by atoms with Gasteiger partial charge in [-0.1, -0.05) is 6.92 Å². The summed E-state index contributed by atoms with van der Waals surface area (Å²) in [5.41, 5.74) is -1.76. The lowest BCUT2D eigenvalue weighted by Crippen LogP contribution is -2.54. The van der Waals surface area contributed by atoms with Crippen LogP contribution in [0, 0.1) is 17.1 Å². The van der Waals surface area contributed by atoms with Crippen molar-refractivity contribution in [2.45, 2.75) is 76.3 Å². The predicted molar refractivity (Wildman–Crippen MR) is 217 cm³/mol. The van der Waals surface area contributed by atoms with Gasteiger partial charge in [0.1, 0.15) is 29.8 Å². The highest BCUT2D eigenvalue weighted by Crippen LogP contribution is 2.43. The molecular weight excluding hydrogens is 793 g/mol. The summed E-state index contributed by atoms with van der Waals surface area (Å²) in [5, 5.41) is 17.2. The van der Waals surface area contributed by atoms with Crippen LogP contribution in [0.2, 0.25) is 0 Å². The van der Waals surface area contributed by atoms with Crippen LogP contribution in [0.5, 0.6) is 5.75 Å². The first-order valence-electron chi connectivity index (χ1n) is 19.2. The van der Waals surface area contributed by atoms with E-state index in [0.717, 1.165) is 17.7 Å². The number of imide groups is 1. The molecule has 3 aliphatic rings. The van der Waals surface area contributed by atoms with Crippen LogP contribution < -0.4 is 30.5 Å². The molecule has 6 rings (SSSR count). The minimum Gasteiger partial charge on any atom is -0.492 e. The van der Waals surface area contributed by atoms with E-state index >= 15 is 0 Å².